The summed E-state index contributed by atoms with van der Waals surface area (Å²) in [6.45, 7) is 6.71. The Labute approximate surface area is 85.5 Å². The van der Waals surface area contributed by atoms with E-state index < -0.39 is 5.97 Å². The molecular weight excluding hydrogens is 180 g/mol. The van der Waals surface area contributed by atoms with Gasteiger partial charge in [-0.2, -0.15) is 0 Å². The molecular formula is C11H20O3. The molecule has 1 aliphatic rings. The summed E-state index contributed by atoms with van der Waals surface area (Å²) in [7, 11) is 0. The van der Waals surface area contributed by atoms with Gasteiger partial charge in [0.15, 0.2) is 0 Å². The summed E-state index contributed by atoms with van der Waals surface area (Å²) in [4.78, 5) is 11.1. The van der Waals surface area contributed by atoms with Crippen molar-refractivity contribution in [2.75, 3.05) is 6.61 Å². The predicted molar refractivity (Wildman–Crippen MR) is 54.2 cm³/mol. The van der Waals surface area contributed by atoms with Crippen LogP contribution >= 0.6 is 0 Å². The van der Waals surface area contributed by atoms with Gasteiger partial charge in [-0.05, 0) is 24.7 Å². The average molecular weight is 200 g/mol. The number of carboxylic acids is 1. The Balaban J connectivity index is 2.55. The first-order valence-electron chi connectivity index (χ1n) is 5.25. The maximum atomic E-state index is 11.1. The van der Waals surface area contributed by atoms with Gasteiger partial charge in [0.05, 0.1) is 12.0 Å². The molecule has 1 saturated heterocycles. The van der Waals surface area contributed by atoms with Gasteiger partial charge < -0.3 is 9.84 Å². The molecule has 1 fully saturated rings. The fourth-order valence-electron chi connectivity index (χ4n) is 1.92. The van der Waals surface area contributed by atoms with E-state index in [0.717, 1.165) is 19.4 Å². The summed E-state index contributed by atoms with van der Waals surface area (Å²) in [5, 5.41) is 9.11. The second kappa shape index (κ2) is 4.30. The Hall–Kier alpha value is -0.570. The van der Waals surface area contributed by atoms with Gasteiger partial charge in [0, 0.05) is 6.61 Å². The fourth-order valence-corrected chi connectivity index (χ4v) is 1.92. The minimum absolute atomic E-state index is 0.162. The lowest BCUT2D eigenvalue weighted by Gasteiger charge is -2.28. The van der Waals surface area contributed by atoms with Crippen LogP contribution in [0, 0.1) is 11.3 Å². The highest BCUT2D eigenvalue weighted by molar-refractivity contribution is 5.70. The summed E-state index contributed by atoms with van der Waals surface area (Å²) in [5.74, 6) is -1.00. The molecule has 1 rings (SSSR count). The minimum Gasteiger partial charge on any atom is -0.481 e. The molecule has 0 aromatic heterocycles. The van der Waals surface area contributed by atoms with Crippen molar-refractivity contribution in [3.8, 4) is 0 Å². The van der Waals surface area contributed by atoms with Crippen LogP contribution in [0.2, 0.25) is 0 Å². The van der Waals surface area contributed by atoms with Crippen molar-refractivity contribution in [3.05, 3.63) is 0 Å². The Kier molecular flexibility index (Phi) is 3.53. The van der Waals surface area contributed by atoms with Crippen LogP contribution in [-0.2, 0) is 9.53 Å². The summed E-state index contributed by atoms with van der Waals surface area (Å²) in [5.41, 5.74) is -0.183. The highest BCUT2D eigenvalue weighted by atomic mass is 16.5. The molecule has 2 unspecified atom stereocenters. The second-order valence-corrected chi connectivity index (χ2v) is 5.13. The van der Waals surface area contributed by atoms with Crippen LogP contribution < -0.4 is 0 Å². The number of hydrogen-bond donors (Lipinski definition) is 1. The number of ether oxygens (including phenoxy) is 1. The van der Waals surface area contributed by atoms with E-state index in [9.17, 15) is 4.79 Å². The maximum Gasteiger partial charge on any atom is 0.307 e. The first-order chi connectivity index (χ1) is 6.41. The van der Waals surface area contributed by atoms with Crippen molar-refractivity contribution < 1.29 is 14.6 Å². The van der Waals surface area contributed by atoms with Gasteiger partial charge in [-0.1, -0.05) is 20.8 Å². The molecule has 1 heterocycles. The van der Waals surface area contributed by atoms with Crippen LogP contribution in [0.3, 0.4) is 0 Å². The Morgan fingerprint density at radius 3 is 2.57 bits per heavy atom. The zero-order chi connectivity index (χ0) is 10.8. The lowest BCUT2D eigenvalue weighted by atomic mass is 9.77. The number of rotatable bonds is 3. The van der Waals surface area contributed by atoms with Gasteiger partial charge in [-0.3, -0.25) is 4.79 Å². The lowest BCUT2D eigenvalue weighted by molar-refractivity contribution is -0.147. The van der Waals surface area contributed by atoms with Crippen LogP contribution in [0.25, 0.3) is 0 Å². The largest absolute Gasteiger partial charge is 0.481 e. The van der Waals surface area contributed by atoms with Gasteiger partial charge in [0.2, 0.25) is 0 Å². The Morgan fingerprint density at radius 1 is 1.57 bits per heavy atom. The monoisotopic (exact) mass is 200 g/mol. The van der Waals surface area contributed by atoms with E-state index in [4.69, 9.17) is 9.84 Å². The summed E-state index contributed by atoms with van der Waals surface area (Å²) in [6.07, 6.45) is 2.90. The molecule has 0 spiro atoms. The molecule has 82 valence electrons. The van der Waals surface area contributed by atoms with E-state index in [0.29, 0.717) is 6.42 Å². The molecule has 2 atom stereocenters. The molecule has 0 bridgehead atoms. The molecule has 1 aliphatic heterocycles. The second-order valence-electron chi connectivity index (χ2n) is 5.13. The minimum atomic E-state index is -0.701. The topological polar surface area (TPSA) is 46.5 Å². The van der Waals surface area contributed by atoms with Crippen LogP contribution in [0.15, 0.2) is 0 Å². The highest BCUT2D eigenvalue weighted by Gasteiger charge is 2.34. The lowest BCUT2D eigenvalue weighted by Crippen LogP contribution is -2.31. The van der Waals surface area contributed by atoms with Crippen molar-refractivity contribution in [3.63, 3.8) is 0 Å². The summed E-state index contributed by atoms with van der Waals surface area (Å²) in [6, 6.07) is 0. The molecule has 0 aromatic carbocycles. The maximum absolute atomic E-state index is 11.1. The van der Waals surface area contributed by atoms with Gasteiger partial charge in [-0.15, -0.1) is 0 Å². The van der Waals surface area contributed by atoms with E-state index in [1.54, 1.807) is 0 Å². The molecule has 3 nitrogen and oxygen atoms in total. The van der Waals surface area contributed by atoms with E-state index in [1.807, 2.05) is 20.8 Å². The normalized spacial score (nSPS) is 24.9. The number of aliphatic carboxylic acids is 1. The third kappa shape index (κ3) is 2.98. The third-order valence-electron chi connectivity index (χ3n) is 2.87. The van der Waals surface area contributed by atoms with Crippen LogP contribution in [0.4, 0.5) is 0 Å². The zero-order valence-corrected chi connectivity index (χ0v) is 9.25. The van der Waals surface area contributed by atoms with Gasteiger partial charge in [-0.25, -0.2) is 0 Å². The van der Waals surface area contributed by atoms with Crippen molar-refractivity contribution in [1.82, 2.24) is 0 Å². The molecule has 0 saturated carbocycles. The molecule has 3 heteroatoms. The average Bonchev–Trinajstić information content (AvgIpc) is 2.48. The van der Waals surface area contributed by atoms with Crippen molar-refractivity contribution in [1.29, 1.82) is 0 Å². The smallest absolute Gasteiger partial charge is 0.307 e. The SMILES string of the molecule is CC(C)(C)C(CC1CCCO1)C(=O)O. The number of hydrogen-bond acceptors (Lipinski definition) is 2. The van der Waals surface area contributed by atoms with E-state index >= 15 is 0 Å². The third-order valence-corrected chi connectivity index (χ3v) is 2.87. The molecule has 0 radical (unpaired) electrons. The Morgan fingerprint density at radius 2 is 2.21 bits per heavy atom. The molecule has 1 N–H and O–H groups in total. The van der Waals surface area contributed by atoms with Gasteiger partial charge in [0.1, 0.15) is 0 Å². The van der Waals surface area contributed by atoms with Crippen molar-refractivity contribution >= 4 is 5.97 Å². The fraction of sp³-hybridized carbons (Fsp3) is 0.909. The standard InChI is InChI=1S/C11H20O3/c1-11(2,3)9(10(12)13)7-8-5-4-6-14-8/h8-9H,4-7H2,1-3H3,(H,12,13). The summed E-state index contributed by atoms with van der Waals surface area (Å²) >= 11 is 0. The van der Waals surface area contributed by atoms with Crippen LogP contribution in [-0.4, -0.2) is 23.8 Å². The highest BCUT2D eigenvalue weighted by Crippen LogP contribution is 2.32. The molecule has 14 heavy (non-hydrogen) atoms. The predicted octanol–water partition coefficient (Wildman–Crippen LogP) is 2.30. The molecule has 0 aromatic rings. The quantitative estimate of drug-likeness (QED) is 0.760. The van der Waals surface area contributed by atoms with E-state index in [1.165, 1.54) is 0 Å². The Bertz CT molecular complexity index is 199. The van der Waals surface area contributed by atoms with Crippen LogP contribution in [0.1, 0.15) is 40.0 Å². The first kappa shape index (κ1) is 11.5. The number of carbonyl (C=O) groups is 1. The first-order valence-corrected chi connectivity index (χ1v) is 5.25. The van der Waals surface area contributed by atoms with Gasteiger partial charge in [0.25, 0.3) is 0 Å². The molecule has 0 amide bonds. The van der Waals surface area contributed by atoms with Crippen molar-refractivity contribution in [2.45, 2.75) is 46.1 Å². The van der Waals surface area contributed by atoms with E-state index in [2.05, 4.69) is 0 Å². The zero-order valence-electron chi connectivity index (χ0n) is 9.25. The summed E-state index contributed by atoms with van der Waals surface area (Å²) < 4.78 is 5.47. The van der Waals surface area contributed by atoms with Gasteiger partial charge >= 0.3 is 5.97 Å². The van der Waals surface area contributed by atoms with E-state index in [-0.39, 0.29) is 17.4 Å². The van der Waals surface area contributed by atoms with Crippen LogP contribution in [0.5, 0.6) is 0 Å². The van der Waals surface area contributed by atoms with Crippen molar-refractivity contribution in [2.24, 2.45) is 11.3 Å². The number of carboxylic acid groups (broad SMARTS) is 1. The molecule has 0 aliphatic carbocycles.